The fourth-order valence-corrected chi connectivity index (χ4v) is 3.82. The molecule has 0 saturated carbocycles. The number of aromatic nitrogens is 1. The summed E-state index contributed by atoms with van der Waals surface area (Å²) in [6, 6.07) is 16.0. The fraction of sp³-hybridized carbons (Fsp3) is 0.200. The molecule has 0 aliphatic carbocycles. The zero-order chi connectivity index (χ0) is 20.6. The summed E-state index contributed by atoms with van der Waals surface area (Å²) in [5.74, 6) is -0.152. The Labute approximate surface area is 175 Å². The second-order valence-electron chi connectivity index (χ2n) is 6.23. The molecule has 0 aliphatic rings. The van der Waals surface area contributed by atoms with Crippen molar-refractivity contribution >= 4 is 34.3 Å². The Balaban J connectivity index is 1.76. The van der Waals surface area contributed by atoms with Crippen molar-refractivity contribution in [2.75, 3.05) is 5.48 Å². The number of benzene rings is 2. The number of nitrogens with zero attached hydrogens (tertiary/aromatic N) is 1. The maximum Gasteiger partial charge on any atom is 0.324 e. The number of aryl methyl sites for hydroxylation is 1. The lowest BCUT2D eigenvalue weighted by atomic mass is 10.1. The summed E-state index contributed by atoms with van der Waals surface area (Å²) in [7, 11) is 0. The number of carbonyl (C=O) groups is 1. The molecule has 152 valence electrons. The van der Waals surface area contributed by atoms with Crippen molar-refractivity contribution in [1.29, 1.82) is 0 Å². The van der Waals surface area contributed by atoms with Gasteiger partial charge in [-0.1, -0.05) is 37.3 Å². The van der Waals surface area contributed by atoms with Gasteiger partial charge in [0, 0.05) is 10.9 Å². The number of carbonyl (C=O) groups excluding carboxylic acids is 1. The molecule has 0 radical (unpaired) electrons. The van der Waals surface area contributed by atoms with Crippen LogP contribution >= 0.6 is 11.3 Å². The summed E-state index contributed by atoms with van der Waals surface area (Å²) in [6.45, 7) is 2.05. The predicted molar refractivity (Wildman–Crippen MR) is 114 cm³/mol. The molecule has 3 aromatic rings. The highest BCUT2D eigenvalue weighted by Crippen LogP contribution is 2.24. The number of hydrogen-bond donors (Lipinski definition) is 3. The molecule has 0 bridgehead atoms. The second-order valence-corrected chi connectivity index (χ2v) is 7.72. The van der Waals surface area contributed by atoms with Crippen molar-refractivity contribution in [2.24, 2.45) is 0 Å². The molecule has 2 atom stereocenters. The minimum Gasteiger partial charge on any atom is -0.342 e. The highest BCUT2D eigenvalue weighted by Gasteiger charge is 2.19. The van der Waals surface area contributed by atoms with E-state index in [-0.39, 0.29) is 11.9 Å². The third-order valence-corrected chi connectivity index (χ3v) is 5.43. The van der Waals surface area contributed by atoms with Gasteiger partial charge in [-0.15, -0.1) is 15.6 Å². The molecule has 1 heterocycles. The summed E-state index contributed by atoms with van der Waals surface area (Å²) in [5, 5.41) is 5.95. The molecule has 7 nitrogen and oxygen atoms in total. The molecule has 0 saturated heterocycles. The van der Waals surface area contributed by atoms with Crippen molar-refractivity contribution in [3.8, 4) is 0 Å². The van der Waals surface area contributed by atoms with Crippen LogP contribution in [-0.2, 0) is 28.5 Å². The zero-order valence-electron chi connectivity index (χ0n) is 15.7. The summed E-state index contributed by atoms with van der Waals surface area (Å²) < 4.78 is 23.7. The van der Waals surface area contributed by atoms with E-state index in [9.17, 15) is 9.00 Å². The Morgan fingerprint density at radius 2 is 1.93 bits per heavy atom. The number of nitrogens with one attached hydrogen (secondary N) is 2. The molecule has 1 aromatic heterocycles. The Morgan fingerprint density at radius 1 is 1.21 bits per heavy atom. The van der Waals surface area contributed by atoms with Gasteiger partial charge in [0.1, 0.15) is 5.01 Å². The molecule has 0 fully saturated rings. The topological polar surface area (TPSA) is 101 Å². The molecular weight excluding hydrogens is 410 g/mol. The number of amides is 1. The Hall–Kier alpha value is -2.59. The van der Waals surface area contributed by atoms with Crippen LogP contribution in [0, 0.1) is 0 Å². The highest BCUT2D eigenvalue weighted by atomic mass is 32.2. The van der Waals surface area contributed by atoms with Gasteiger partial charge in [-0.2, -0.15) is 4.21 Å². The normalized spacial score (nSPS) is 12.9. The first-order chi connectivity index (χ1) is 14.0. The summed E-state index contributed by atoms with van der Waals surface area (Å²) in [5.41, 5.74) is 5.51. The number of rotatable bonds is 9. The van der Waals surface area contributed by atoms with Crippen LogP contribution in [0.5, 0.6) is 0 Å². The van der Waals surface area contributed by atoms with Gasteiger partial charge in [0.15, 0.2) is 0 Å². The highest BCUT2D eigenvalue weighted by molar-refractivity contribution is 7.74. The fourth-order valence-electron chi connectivity index (χ4n) is 2.70. The van der Waals surface area contributed by atoms with E-state index in [0.29, 0.717) is 17.7 Å². The van der Waals surface area contributed by atoms with Gasteiger partial charge in [0.25, 0.3) is 5.91 Å². The lowest BCUT2D eigenvalue weighted by Crippen LogP contribution is -2.30. The number of anilines is 1. The van der Waals surface area contributed by atoms with Gasteiger partial charge >= 0.3 is 11.4 Å². The van der Waals surface area contributed by atoms with Crippen molar-refractivity contribution in [3.63, 3.8) is 0 Å². The molecule has 0 aliphatic heterocycles. The van der Waals surface area contributed by atoms with Crippen LogP contribution < -0.4 is 10.8 Å². The monoisotopic (exact) mass is 431 g/mol. The molecule has 0 spiro atoms. The molecule has 29 heavy (non-hydrogen) atoms. The van der Waals surface area contributed by atoms with Crippen LogP contribution in [0.1, 0.15) is 39.6 Å². The lowest BCUT2D eigenvalue weighted by molar-refractivity contribution is 0.0936. The van der Waals surface area contributed by atoms with Gasteiger partial charge in [0.2, 0.25) is 0 Å². The third kappa shape index (κ3) is 6.20. The minimum atomic E-state index is -2.39. The Kier molecular flexibility index (Phi) is 7.48. The third-order valence-electron chi connectivity index (χ3n) is 4.20. The van der Waals surface area contributed by atoms with Crippen LogP contribution in [0.3, 0.4) is 0 Å². The van der Waals surface area contributed by atoms with E-state index >= 15 is 0 Å². The van der Waals surface area contributed by atoms with Gasteiger partial charge in [-0.25, -0.2) is 10.5 Å². The molecule has 9 heteroatoms. The first-order valence-electron chi connectivity index (χ1n) is 8.98. The Bertz CT molecular complexity index is 961. The predicted octanol–water partition coefficient (Wildman–Crippen LogP) is 3.90. The summed E-state index contributed by atoms with van der Waals surface area (Å²) in [4.78, 5) is 17.3. The van der Waals surface area contributed by atoms with Gasteiger partial charge in [0.05, 0.1) is 17.4 Å². The van der Waals surface area contributed by atoms with E-state index in [1.807, 2.05) is 42.6 Å². The SMILES string of the molecule is CCc1csc([C@H](Cc2ccc(NOS(=O)O)cc2)NC(=O)c2ccccc2)n1. The van der Waals surface area contributed by atoms with E-state index in [4.69, 9.17) is 4.55 Å². The minimum absolute atomic E-state index is 0.152. The van der Waals surface area contributed by atoms with E-state index in [0.717, 1.165) is 22.7 Å². The van der Waals surface area contributed by atoms with Gasteiger partial charge < -0.3 is 5.32 Å². The van der Waals surface area contributed by atoms with E-state index in [1.165, 1.54) is 11.3 Å². The maximum atomic E-state index is 12.7. The van der Waals surface area contributed by atoms with E-state index in [1.54, 1.807) is 24.3 Å². The first-order valence-corrected chi connectivity index (χ1v) is 10.9. The van der Waals surface area contributed by atoms with Crippen LogP contribution in [0.2, 0.25) is 0 Å². The molecule has 3 rings (SSSR count). The molecule has 2 aromatic carbocycles. The van der Waals surface area contributed by atoms with E-state index in [2.05, 4.69) is 20.1 Å². The van der Waals surface area contributed by atoms with Gasteiger partial charge in [-0.05, 0) is 42.7 Å². The summed E-state index contributed by atoms with van der Waals surface area (Å²) >= 11 is -0.861. The summed E-state index contributed by atoms with van der Waals surface area (Å²) in [6.07, 6.45) is 1.39. The first kappa shape index (κ1) is 21.1. The standard InChI is InChI=1S/C20H21N3O4S2/c1-2-16-13-28-20(21-16)18(22-19(24)15-6-4-3-5-7-15)12-14-8-10-17(11-9-14)23-27-29(25)26/h3-11,13,18,23H,2,12H2,1H3,(H,22,24)(H,25,26)/t18-/m0/s1. The van der Waals surface area contributed by atoms with Crippen LogP contribution in [0.15, 0.2) is 60.0 Å². The van der Waals surface area contributed by atoms with Crippen LogP contribution in [-0.4, -0.2) is 19.7 Å². The average Bonchev–Trinajstić information content (AvgIpc) is 3.22. The van der Waals surface area contributed by atoms with E-state index < -0.39 is 11.4 Å². The molecule has 1 unspecified atom stereocenters. The number of thiazole rings is 1. The lowest BCUT2D eigenvalue weighted by Gasteiger charge is -2.17. The maximum absolute atomic E-state index is 12.7. The largest absolute Gasteiger partial charge is 0.342 e. The van der Waals surface area contributed by atoms with Crippen LogP contribution in [0.4, 0.5) is 5.69 Å². The van der Waals surface area contributed by atoms with Crippen molar-refractivity contribution in [2.45, 2.75) is 25.8 Å². The van der Waals surface area contributed by atoms with Crippen molar-refractivity contribution in [3.05, 3.63) is 81.8 Å². The Morgan fingerprint density at radius 3 is 2.55 bits per heavy atom. The number of hydrogen-bond acceptors (Lipinski definition) is 6. The second kappa shape index (κ2) is 10.3. The van der Waals surface area contributed by atoms with Crippen molar-refractivity contribution in [1.82, 2.24) is 10.3 Å². The molecular formula is C20H21N3O4S2. The van der Waals surface area contributed by atoms with Crippen LogP contribution in [0.25, 0.3) is 0 Å². The average molecular weight is 432 g/mol. The molecule has 3 N–H and O–H groups in total. The molecule has 1 amide bonds. The quantitative estimate of drug-likeness (QED) is 0.351. The smallest absolute Gasteiger partial charge is 0.324 e. The zero-order valence-corrected chi connectivity index (χ0v) is 17.3. The van der Waals surface area contributed by atoms with Crippen molar-refractivity contribution < 1.29 is 17.8 Å². The van der Waals surface area contributed by atoms with Gasteiger partial charge in [-0.3, -0.25) is 9.35 Å².